The molecule has 0 spiro atoms. The number of ether oxygens (including phenoxy) is 1. The van der Waals surface area contributed by atoms with E-state index in [2.05, 4.69) is 6.92 Å². The number of rotatable bonds is 4. The van der Waals surface area contributed by atoms with Crippen molar-refractivity contribution in [1.82, 2.24) is 0 Å². The largest absolute Gasteiger partial charge is 0.415 e. The molecule has 5 heteroatoms. The fourth-order valence-corrected chi connectivity index (χ4v) is 3.24. The van der Waals surface area contributed by atoms with Crippen LogP contribution in [0.3, 0.4) is 0 Å². The first-order chi connectivity index (χ1) is 9.10. The maximum atomic E-state index is 12.4. The second kappa shape index (κ2) is 6.46. The lowest BCUT2D eigenvalue weighted by Gasteiger charge is -2.25. The van der Waals surface area contributed by atoms with E-state index in [9.17, 15) is 13.6 Å². The molecule has 0 bridgehead atoms. The van der Waals surface area contributed by atoms with Gasteiger partial charge < -0.3 is 4.74 Å². The molecule has 2 nitrogen and oxygen atoms in total. The number of alkyl halides is 2. The number of esters is 1. The number of carbonyl (C=O) groups excluding carboxylic acids is 1. The third-order valence-electron chi connectivity index (χ3n) is 3.81. The van der Waals surface area contributed by atoms with Crippen LogP contribution in [0.1, 0.15) is 51.0 Å². The normalized spacial score (nSPS) is 23.6. The highest BCUT2D eigenvalue weighted by molar-refractivity contribution is 7.12. The second-order valence-corrected chi connectivity index (χ2v) is 5.92. The summed E-state index contributed by atoms with van der Waals surface area (Å²) in [6.07, 6.45) is 2.47. The highest BCUT2D eigenvalue weighted by atomic mass is 32.1. The number of hydrogen-bond donors (Lipinski definition) is 0. The summed E-state index contributed by atoms with van der Waals surface area (Å²) < 4.78 is 30.0. The Bertz CT molecular complexity index is 423. The Morgan fingerprint density at radius 3 is 2.63 bits per heavy atom. The Hall–Kier alpha value is -0.970. The van der Waals surface area contributed by atoms with Crippen LogP contribution < -0.4 is 4.74 Å². The number of thiophene rings is 1. The number of halogens is 2. The predicted molar refractivity (Wildman–Crippen MR) is 70.7 cm³/mol. The molecule has 1 aliphatic carbocycles. The third kappa shape index (κ3) is 3.75. The van der Waals surface area contributed by atoms with Crippen molar-refractivity contribution in [2.75, 3.05) is 0 Å². The van der Waals surface area contributed by atoms with Gasteiger partial charge in [0.25, 0.3) is 6.43 Å². The summed E-state index contributed by atoms with van der Waals surface area (Å²) in [7, 11) is 0. The van der Waals surface area contributed by atoms with Crippen molar-refractivity contribution in [2.24, 2.45) is 11.8 Å². The summed E-state index contributed by atoms with van der Waals surface area (Å²) in [5.41, 5.74) is -0.0810. The van der Waals surface area contributed by atoms with Crippen LogP contribution in [0.15, 0.2) is 11.4 Å². The molecule has 19 heavy (non-hydrogen) atoms. The average Bonchev–Trinajstić information content (AvgIpc) is 2.87. The summed E-state index contributed by atoms with van der Waals surface area (Å²) in [4.78, 5) is 11.9. The SMILES string of the molecule is CCC1CCC(C(=O)Oc2cc(C(F)F)cs2)CC1. The Morgan fingerprint density at radius 2 is 2.11 bits per heavy atom. The smallest absolute Gasteiger partial charge is 0.315 e. The van der Waals surface area contributed by atoms with Gasteiger partial charge in [-0.15, -0.1) is 11.3 Å². The van der Waals surface area contributed by atoms with Gasteiger partial charge in [-0.25, -0.2) is 8.78 Å². The molecule has 1 saturated carbocycles. The molecule has 0 saturated heterocycles. The van der Waals surface area contributed by atoms with Crippen molar-refractivity contribution >= 4 is 17.3 Å². The van der Waals surface area contributed by atoms with E-state index in [4.69, 9.17) is 4.74 Å². The van der Waals surface area contributed by atoms with E-state index in [0.29, 0.717) is 0 Å². The minimum absolute atomic E-state index is 0.0695. The third-order valence-corrected chi connectivity index (χ3v) is 4.63. The molecular formula is C14H18F2O2S. The average molecular weight is 288 g/mol. The van der Waals surface area contributed by atoms with Crippen LogP contribution >= 0.6 is 11.3 Å². The van der Waals surface area contributed by atoms with Crippen LogP contribution in [-0.4, -0.2) is 5.97 Å². The summed E-state index contributed by atoms with van der Waals surface area (Å²) in [5, 5.41) is 1.61. The minimum Gasteiger partial charge on any atom is -0.415 e. The fourth-order valence-electron chi connectivity index (χ4n) is 2.49. The number of carbonyl (C=O) groups is 1. The molecule has 106 valence electrons. The second-order valence-electron chi connectivity index (χ2n) is 5.05. The van der Waals surface area contributed by atoms with Gasteiger partial charge in [0, 0.05) is 17.0 Å². The van der Waals surface area contributed by atoms with Crippen molar-refractivity contribution in [3.8, 4) is 5.06 Å². The van der Waals surface area contributed by atoms with Crippen LogP contribution in [0.4, 0.5) is 8.78 Å². The van der Waals surface area contributed by atoms with Crippen LogP contribution in [0.25, 0.3) is 0 Å². The Kier molecular flexibility index (Phi) is 4.91. The molecule has 1 aromatic heterocycles. The Labute approximate surface area is 115 Å². The van der Waals surface area contributed by atoms with Gasteiger partial charge >= 0.3 is 5.97 Å². The molecule has 1 heterocycles. The standard InChI is InChI=1S/C14H18F2O2S/c1-2-9-3-5-10(6-4-9)14(17)18-12-7-11(8-19-12)13(15)16/h7-10,13H,2-6H2,1H3. The maximum Gasteiger partial charge on any atom is 0.315 e. The topological polar surface area (TPSA) is 26.3 Å². The van der Waals surface area contributed by atoms with Gasteiger partial charge in [-0.3, -0.25) is 4.79 Å². The molecule has 2 rings (SSSR count). The van der Waals surface area contributed by atoms with Gasteiger partial charge in [-0.05, 0) is 31.6 Å². The molecule has 0 radical (unpaired) electrons. The zero-order valence-electron chi connectivity index (χ0n) is 10.9. The summed E-state index contributed by atoms with van der Waals surface area (Å²) in [5.74, 6) is 0.383. The van der Waals surface area contributed by atoms with Gasteiger partial charge in [0.05, 0.1) is 5.92 Å². The quantitative estimate of drug-likeness (QED) is 0.743. The lowest BCUT2D eigenvalue weighted by molar-refractivity contribution is -0.140. The van der Waals surface area contributed by atoms with Crippen LogP contribution in [0, 0.1) is 11.8 Å². The molecule has 0 aromatic carbocycles. The van der Waals surface area contributed by atoms with Gasteiger partial charge in [0.2, 0.25) is 0 Å². The van der Waals surface area contributed by atoms with Crippen molar-refractivity contribution in [1.29, 1.82) is 0 Å². The Balaban J connectivity index is 1.87. The van der Waals surface area contributed by atoms with Crippen LogP contribution in [0.2, 0.25) is 0 Å². The zero-order chi connectivity index (χ0) is 13.8. The van der Waals surface area contributed by atoms with Crippen molar-refractivity contribution in [2.45, 2.75) is 45.5 Å². The molecular weight excluding hydrogens is 270 g/mol. The molecule has 1 aliphatic rings. The monoisotopic (exact) mass is 288 g/mol. The minimum atomic E-state index is -2.51. The first kappa shape index (κ1) is 14.4. The van der Waals surface area contributed by atoms with E-state index >= 15 is 0 Å². The first-order valence-corrected chi connectivity index (χ1v) is 7.56. The predicted octanol–water partition coefficient (Wildman–Crippen LogP) is 4.81. The molecule has 1 aromatic rings. The molecule has 0 unspecified atom stereocenters. The maximum absolute atomic E-state index is 12.4. The van der Waals surface area contributed by atoms with Crippen LogP contribution in [0.5, 0.6) is 5.06 Å². The van der Waals surface area contributed by atoms with Gasteiger partial charge in [0.15, 0.2) is 5.06 Å². The zero-order valence-corrected chi connectivity index (χ0v) is 11.7. The molecule has 0 aliphatic heterocycles. The Morgan fingerprint density at radius 1 is 1.42 bits per heavy atom. The summed E-state index contributed by atoms with van der Waals surface area (Å²) in [6.45, 7) is 2.17. The van der Waals surface area contributed by atoms with E-state index in [-0.39, 0.29) is 22.5 Å². The molecule has 1 fully saturated rings. The van der Waals surface area contributed by atoms with E-state index in [1.165, 1.54) is 11.4 Å². The van der Waals surface area contributed by atoms with E-state index in [1.807, 2.05) is 0 Å². The van der Waals surface area contributed by atoms with Crippen molar-refractivity contribution < 1.29 is 18.3 Å². The lowest BCUT2D eigenvalue weighted by Crippen LogP contribution is -2.25. The van der Waals surface area contributed by atoms with E-state index < -0.39 is 6.43 Å². The van der Waals surface area contributed by atoms with Gasteiger partial charge in [-0.2, -0.15) is 0 Å². The molecule has 0 atom stereocenters. The summed E-state index contributed by atoms with van der Waals surface area (Å²) in [6, 6.07) is 1.25. The number of hydrogen-bond acceptors (Lipinski definition) is 3. The van der Waals surface area contributed by atoms with E-state index in [0.717, 1.165) is 49.4 Å². The first-order valence-electron chi connectivity index (χ1n) is 6.68. The van der Waals surface area contributed by atoms with Crippen molar-refractivity contribution in [3.05, 3.63) is 17.0 Å². The lowest BCUT2D eigenvalue weighted by atomic mass is 9.81. The molecule has 0 N–H and O–H groups in total. The highest BCUT2D eigenvalue weighted by Gasteiger charge is 2.27. The van der Waals surface area contributed by atoms with Gasteiger partial charge in [0.1, 0.15) is 0 Å². The highest BCUT2D eigenvalue weighted by Crippen LogP contribution is 2.34. The van der Waals surface area contributed by atoms with Crippen molar-refractivity contribution in [3.63, 3.8) is 0 Å². The molecule has 0 amide bonds. The van der Waals surface area contributed by atoms with E-state index in [1.54, 1.807) is 0 Å². The fraction of sp³-hybridized carbons (Fsp3) is 0.643. The van der Waals surface area contributed by atoms with Crippen LogP contribution in [-0.2, 0) is 4.79 Å². The summed E-state index contributed by atoms with van der Waals surface area (Å²) >= 11 is 1.05. The van der Waals surface area contributed by atoms with Gasteiger partial charge in [-0.1, -0.05) is 13.3 Å².